The van der Waals surface area contributed by atoms with Crippen LogP contribution in [0.2, 0.25) is 10.0 Å². The smallest absolute Gasteiger partial charge is 0.0455 e. The first kappa shape index (κ1) is 14.9. The summed E-state index contributed by atoms with van der Waals surface area (Å²) in [5, 5.41) is 5.07. The lowest BCUT2D eigenvalue weighted by Gasteiger charge is -2.34. The molecule has 3 heteroatoms. The van der Waals surface area contributed by atoms with Gasteiger partial charge < -0.3 is 5.32 Å². The van der Waals surface area contributed by atoms with Crippen LogP contribution in [-0.2, 0) is 0 Å². The summed E-state index contributed by atoms with van der Waals surface area (Å²) >= 11 is 12.9. The van der Waals surface area contributed by atoms with Gasteiger partial charge in [-0.15, -0.1) is 0 Å². The van der Waals surface area contributed by atoms with Gasteiger partial charge in [-0.1, -0.05) is 59.1 Å². The summed E-state index contributed by atoms with van der Waals surface area (Å²) < 4.78 is 0. The number of halogens is 2. The second-order valence-electron chi connectivity index (χ2n) is 5.76. The van der Waals surface area contributed by atoms with Crippen molar-refractivity contribution >= 4 is 23.2 Å². The molecular weight excluding hydrogens is 301 g/mol. The van der Waals surface area contributed by atoms with Crippen LogP contribution in [0.15, 0.2) is 42.5 Å². The normalized spacial score (nSPS) is 22.2. The molecular formula is C18H19Cl2N. The first-order valence-electron chi connectivity index (χ1n) is 7.38. The predicted molar refractivity (Wildman–Crippen MR) is 90.6 cm³/mol. The zero-order chi connectivity index (χ0) is 14.8. The van der Waals surface area contributed by atoms with E-state index in [-0.39, 0.29) is 0 Å². The predicted octanol–water partition coefficient (Wildman–Crippen LogP) is 5.16. The van der Waals surface area contributed by atoms with E-state index in [0.29, 0.717) is 11.8 Å². The molecule has 21 heavy (non-hydrogen) atoms. The summed E-state index contributed by atoms with van der Waals surface area (Å²) in [6, 6.07) is 14.5. The molecule has 0 aliphatic carbocycles. The Hall–Kier alpha value is -1.02. The molecule has 0 aromatic heterocycles. The lowest BCUT2D eigenvalue weighted by molar-refractivity contribution is 0.404. The van der Waals surface area contributed by atoms with Crippen molar-refractivity contribution in [3.05, 3.63) is 69.2 Å². The van der Waals surface area contributed by atoms with Crippen molar-refractivity contribution in [2.45, 2.75) is 25.2 Å². The van der Waals surface area contributed by atoms with Crippen LogP contribution in [0.4, 0.5) is 0 Å². The van der Waals surface area contributed by atoms with Crippen molar-refractivity contribution in [1.29, 1.82) is 0 Å². The molecule has 1 aliphatic rings. The average molecular weight is 320 g/mol. The number of aryl methyl sites for hydroxylation is 1. The number of benzene rings is 2. The van der Waals surface area contributed by atoms with Gasteiger partial charge in [0.05, 0.1) is 0 Å². The molecule has 0 amide bonds. The van der Waals surface area contributed by atoms with Crippen molar-refractivity contribution in [1.82, 2.24) is 5.32 Å². The van der Waals surface area contributed by atoms with Crippen LogP contribution < -0.4 is 5.32 Å². The maximum absolute atomic E-state index is 6.44. The van der Waals surface area contributed by atoms with Gasteiger partial charge in [-0.2, -0.15) is 0 Å². The highest BCUT2D eigenvalue weighted by atomic mass is 35.5. The van der Waals surface area contributed by atoms with Gasteiger partial charge in [-0.25, -0.2) is 0 Å². The van der Waals surface area contributed by atoms with Crippen molar-refractivity contribution in [3.63, 3.8) is 0 Å². The zero-order valence-electron chi connectivity index (χ0n) is 12.1. The molecule has 2 aromatic carbocycles. The van der Waals surface area contributed by atoms with E-state index in [0.717, 1.165) is 35.1 Å². The van der Waals surface area contributed by atoms with E-state index in [4.69, 9.17) is 23.2 Å². The second-order valence-corrected chi connectivity index (χ2v) is 6.57. The molecule has 0 saturated carbocycles. The Labute approximate surface area is 136 Å². The topological polar surface area (TPSA) is 12.0 Å². The summed E-state index contributed by atoms with van der Waals surface area (Å²) in [5.41, 5.74) is 3.76. The number of rotatable bonds is 2. The molecule has 2 aromatic rings. The van der Waals surface area contributed by atoms with E-state index >= 15 is 0 Å². The van der Waals surface area contributed by atoms with E-state index < -0.39 is 0 Å². The van der Waals surface area contributed by atoms with Gasteiger partial charge in [0.25, 0.3) is 0 Å². The third-order valence-corrected chi connectivity index (χ3v) is 4.98. The van der Waals surface area contributed by atoms with Gasteiger partial charge in [0, 0.05) is 22.5 Å². The molecule has 1 aliphatic heterocycles. The Morgan fingerprint density at radius 3 is 2.43 bits per heavy atom. The molecule has 110 valence electrons. The Morgan fingerprint density at radius 2 is 1.71 bits per heavy atom. The fourth-order valence-corrected chi connectivity index (χ4v) is 4.00. The highest BCUT2D eigenvalue weighted by Gasteiger charge is 2.30. The van der Waals surface area contributed by atoms with Crippen LogP contribution in [0.1, 0.15) is 34.9 Å². The average Bonchev–Trinajstić information content (AvgIpc) is 2.47. The van der Waals surface area contributed by atoms with Crippen molar-refractivity contribution < 1.29 is 0 Å². The first-order valence-corrected chi connectivity index (χ1v) is 8.13. The highest BCUT2D eigenvalue weighted by Crippen LogP contribution is 2.43. The molecule has 0 bridgehead atoms. The van der Waals surface area contributed by atoms with Crippen molar-refractivity contribution in [2.24, 2.45) is 0 Å². The van der Waals surface area contributed by atoms with Crippen molar-refractivity contribution in [2.75, 3.05) is 13.1 Å². The third kappa shape index (κ3) is 3.11. The van der Waals surface area contributed by atoms with Crippen LogP contribution in [0.5, 0.6) is 0 Å². The number of hydrogen-bond donors (Lipinski definition) is 1. The molecule has 0 radical (unpaired) electrons. The minimum absolute atomic E-state index is 0.370. The van der Waals surface area contributed by atoms with Gasteiger partial charge in [-0.05, 0) is 49.1 Å². The lowest BCUT2D eigenvalue weighted by atomic mass is 9.77. The summed E-state index contributed by atoms with van der Waals surface area (Å²) in [6.45, 7) is 4.11. The maximum Gasteiger partial charge on any atom is 0.0455 e. The summed E-state index contributed by atoms with van der Waals surface area (Å²) in [5.74, 6) is 0.783. The monoisotopic (exact) mass is 319 g/mol. The minimum Gasteiger partial charge on any atom is -0.316 e. The largest absolute Gasteiger partial charge is 0.316 e. The number of hydrogen-bond acceptors (Lipinski definition) is 1. The van der Waals surface area contributed by atoms with Gasteiger partial charge in [0.15, 0.2) is 0 Å². The Kier molecular flexibility index (Phi) is 4.54. The van der Waals surface area contributed by atoms with Gasteiger partial charge >= 0.3 is 0 Å². The summed E-state index contributed by atoms with van der Waals surface area (Å²) in [7, 11) is 0. The molecule has 1 fully saturated rings. The molecule has 3 rings (SSSR count). The highest BCUT2D eigenvalue weighted by molar-refractivity contribution is 6.36. The quantitative estimate of drug-likeness (QED) is 0.805. The van der Waals surface area contributed by atoms with Crippen molar-refractivity contribution in [3.8, 4) is 0 Å². The fraction of sp³-hybridized carbons (Fsp3) is 0.333. The van der Waals surface area contributed by atoms with Crippen LogP contribution in [0.25, 0.3) is 0 Å². The maximum atomic E-state index is 6.44. The number of nitrogens with one attached hydrogen (secondary N) is 1. The molecule has 1 heterocycles. The lowest BCUT2D eigenvalue weighted by Crippen LogP contribution is -2.34. The SMILES string of the molecule is Cc1cccc(C2CNCCC2c2c(Cl)cccc2Cl)c1. The van der Waals surface area contributed by atoms with Gasteiger partial charge in [-0.3, -0.25) is 0 Å². The van der Waals surface area contributed by atoms with Crippen LogP contribution >= 0.6 is 23.2 Å². The molecule has 1 nitrogen and oxygen atoms in total. The Morgan fingerprint density at radius 1 is 1.00 bits per heavy atom. The molecule has 1 saturated heterocycles. The first-order chi connectivity index (χ1) is 10.2. The molecule has 2 unspecified atom stereocenters. The number of piperidine rings is 1. The second kappa shape index (κ2) is 6.39. The third-order valence-electron chi connectivity index (χ3n) is 4.32. The van der Waals surface area contributed by atoms with Crippen LogP contribution in [-0.4, -0.2) is 13.1 Å². The summed E-state index contributed by atoms with van der Waals surface area (Å²) in [6.07, 6.45) is 1.06. The van der Waals surface area contributed by atoms with Crippen LogP contribution in [0.3, 0.4) is 0 Å². The zero-order valence-corrected chi connectivity index (χ0v) is 13.6. The van der Waals surface area contributed by atoms with Gasteiger partial charge in [0.2, 0.25) is 0 Å². The van der Waals surface area contributed by atoms with Gasteiger partial charge in [0.1, 0.15) is 0 Å². The van der Waals surface area contributed by atoms with E-state index in [2.05, 4.69) is 36.5 Å². The minimum atomic E-state index is 0.370. The Bertz CT molecular complexity index is 619. The molecule has 0 spiro atoms. The van der Waals surface area contributed by atoms with Crippen LogP contribution in [0, 0.1) is 6.92 Å². The Balaban J connectivity index is 2.02. The summed E-state index contributed by atoms with van der Waals surface area (Å²) in [4.78, 5) is 0. The molecule has 1 N–H and O–H groups in total. The molecule has 2 atom stereocenters. The van der Waals surface area contributed by atoms with E-state index in [9.17, 15) is 0 Å². The standard InChI is InChI=1S/C18H19Cl2N/c1-12-4-2-5-13(10-12)15-11-21-9-8-14(15)18-16(19)6-3-7-17(18)20/h2-7,10,14-15,21H,8-9,11H2,1H3. The van der Waals surface area contributed by atoms with E-state index in [1.165, 1.54) is 11.1 Å². The van der Waals surface area contributed by atoms with E-state index in [1.807, 2.05) is 18.2 Å². The fourth-order valence-electron chi connectivity index (χ4n) is 3.32. The van der Waals surface area contributed by atoms with E-state index in [1.54, 1.807) is 0 Å².